The summed E-state index contributed by atoms with van der Waals surface area (Å²) in [5.41, 5.74) is 1.95. The normalized spacial score (nSPS) is 14.8. The van der Waals surface area contributed by atoms with Crippen molar-refractivity contribution in [3.05, 3.63) is 71.8 Å². The maximum Gasteiger partial charge on any atom is 0.317 e. The molecule has 0 aromatic heterocycles. The van der Waals surface area contributed by atoms with Crippen molar-refractivity contribution in [1.29, 1.82) is 0 Å². The highest BCUT2D eigenvalue weighted by atomic mass is 35.5. The summed E-state index contributed by atoms with van der Waals surface area (Å²) < 4.78 is 5.65. The molecule has 4 nitrogen and oxygen atoms in total. The SMILES string of the molecule is CN1CCN(CCCOC(=O)C(c2ccccc2)c2ccccc2)CC1.Cl.Cl. The minimum Gasteiger partial charge on any atom is -0.465 e. The molecule has 0 saturated carbocycles. The number of rotatable bonds is 7. The first-order chi connectivity index (χ1) is 12.7. The summed E-state index contributed by atoms with van der Waals surface area (Å²) in [6.45, 7) is 5.89. The Kier molecular flexibility index (Phi) is 11.2. The summed E-state index contributed by atoms with van der Waals surface area (Å²) in [6, 6.07) is 19.7. The fourth-order valence-corrected chi connectivity index (χ4v) is 3.37. The van der Waals surface area contributed by atoms with Crippen molar-refractivity contribution >= 4 is 30.8 Å². The molecule has 0 atom stereocenters. The molecule has 0 spiro atoms. The van der Waals surface area contributed by atoms with Crippen LogP contribution >= 0.6 is 24.8 Å². The average molecular weight is 425 g/mol. The molecular weight excluding hydrogens is 395 g/mol. The number of benzene rings is 2. The number of hydrogen-bond acceptors (Lipinski definition) is 4. The number of hydrogen-bond donors (Lipinski definition) is 0. The van der Waals surface area contributed by atoms with Gasteiger partial charge in [-0.3, -0.25) is 4.79 Å². The molecule has 3 rings (SSSR count). The fraction of sp³-hybridized carbons (Fsp3) is 0.409. The fourth-order valence-electron chi connectivity index (χ4n) is 3.37. The van der Waals surface area contributed by atoms with E-state index < -0.39 is 0 Å². The first-order valence-electron chi connectivity index (χ1n) is 9.41. The highest BCUT2D eigenvalue weighted by Gasteiger charge is 2.24. The molecule has 1 aliphatic rings. The number of likely N-dealkylation sites (N-methyl/N-ethyl adjacent to an activating group) is 1. The number of carbonyl (C=O) groups excluding carboxylic acids is 1. The van der Waals surface area contributed by atoms with Crippen LogP contribution in [-0.2, 0) is 9.53 Å². The van der Waals surface area contributed by atoms with Crippen molar-refractivity contribution in [3.8, 4) is 0 Å². The maximum absolute atomic E-state index is 12.8. The second-order valence-corrected chi connectivity index (χ2v) is 6.92. The molecule has 1 saturated heterocycles. The van der Waals surface area contributed by atoms with Crippen molar-refractivity contribution in [2.75, 3.05) is 46.4 Å². The minimum absolute atomic E-state index is 0. The average Bonchev–Trinajstić information content (AvgIpc) is 2.68. The van der Waals surface area contributed by atoms with Gasteiger partial charge < -0.3 is 14.5 Å². The molecule has 0 radical (unpaired) electrons. The van der Waals surface area contributed by atoms with E-state index in [-0.39, 0.29) is 36.7 Å². The van der Waals surface area contributed by atoms with Gasteiger partial charge in [0.1, 0.15) is 5.92 Å². The number of nitrogens with zero attached hydrogens (tertiary/aromatic N) is 2. The van der Waals surface area contributed by atoms with Crippen LogP contribution in [0.5, 0.6) is 0 Å². The van der Waals surface area contributed by atoms with Crippen LogP contribution in [0, 0.1) is 0 Å². The highest BCUT2D eigenvalue weighted by Crippen LogP contribution is 2.26. The molecule has 0 aliphatic carbocycles. The first-order valence-corrected chi connectivity index (χ1v) is 9.41. The van der Waals surface area contributed by atoms with Crippen LogP contribution in [-0.4, -0.2) is 62.1 Å². The predicted octanol–water partition coefficient (Wildman–Crippen LogP) is 3.84. The summed E-state index contributed by atoms with van der Waals surface area (Å²) in [4.78, 5) is 17.6. The third-order valence-electron chi connectivity index (χ3n) is 4.96. The van der Waals surface area contributed by atoms with E-state index in [9.17, 15) is 4.79 Å². The van der Waals surface area contributed by atoms with Gasteiger partial charge in [-0.1, -0.05) is 60.7 Å². The minimum atomic E-state index is -0.360. The molecule has 1 heterocycles. The largest absolute Gasteiger partial charge is 0.465 e. The van der Waals surface area contributed by atoms with Gasteiger partial charge in [-0.05, 0) is 24.6 Å². The monoisotopic (exact) mass is 424 g/mol. The Labute approximate surface area is 180 Å². The smallest absolute Gasteiger partial charge is 0.317 e. The first kappa shape index (κ1) is 24.4. The molecule has 0 N–H and O–H groups in total. The van der Waals surface area contributed by atoms with Gasteiger partial charge in [-0.2, -0.15) is 0 Å². The van der Waals surface area contributed by atoms with Crippen LogP contribution < -0.4 is 0 Å². The van der Waals surface area contributed by atoms with Gasteiger partial charge in [-0.25, -0.2) is 0 Å². The summed E-state index contributed by atoms with van der Waals surface area (Å²) in [6.07, 6.45) is 0.881. The van der Waals surface area contributed by atoms with Gasteiger partial charge in [0.25, 0.3) is 0 Å². The summed E-state index contributed by atoms with van der Waals surface area (Å²) >= 11 is 0. The Hall–Kier alpha value is -1.59. The van der Waals surface area contributed by atoms with E-state index in [1.165, 1.54) is 0 Å². The van der Waals surface area contributed by atoms with Gasteiger partial charge in [0.05, 0.1) is 6.61 Å². The third kappa shape index (κ3) is 7.10. The van der Waals surface area contributed by atoms with E-state index in [0.29, 0.717) is 6.61 Å². The van der Waals surface area contributed by atoms with Crippen LogP contribution in [0.1, 0.15) is 23.5 Å². The Morgan fingerprint density at radius 2 is 1.39 bits per heavy atom. The predicted molar refractivity (Wildman–Crippen MR) is 119 cm³/mol. The molecule has 0 unspecified atom stereocenters. The van der Waals surface area contributed by atoms with Crippen LogP contribution in [0.25, 0.3) is 0 Å². The number of piperazine rings is 1. The van der Waals surface area contributed by atoms with E-state index in [4.69, 9.17) is 4.74 Å². The van der Waals surface area contributed by atoms with Crippen molar-refractivity contribution in [3.63, 3.8) is 0 Å². The summed E-state index contributed by atoms with van der Waals surface area (Å²) in [5.74, 6) is -0.526. The van der Waals surface area contributed by atoms with Crippen LogP contribution in [0.2, 0.25) is 0 Å². The zero-order valence-corrected chi connectivity index (χ0v) is 18.0. The zero-order valence-electron chi connectivity index (χ0n) is 16.3. The molecule has 2 aromatic carbocycles. The Morgan fingerprint density at radius 1 is 0.893 bits per heavy atom. The van der Waals surface area contributed by atoms with Gasteiger partial charge in [0.2, 0.25) is 0 Å². The molecule has 1 aliphatic heterocycles. The van der Waals surface area contributed by atoms with Gasteiger partial charge in [-0.15, -0.1) is 24.8 Å². The summed E-state index contributed by atoms with van der Waals surface area (Å²) in [5, 5.41) is 0. The molecule has 1 fully saturated rings. The molecule has 2 aromatic rings. The zero-order chi connectivity index (χ0) is 18.2. The number of carbonyl (C=O) groups is 1. The molecule has 0 bridgehead atoms. The second kappa shape index (κ2) is 12.8. The van der Waals surface area contributed by atoms with Crippen molar-refractivity contribution in [2.45, 2.75) is 12.3 Å². The topological polar surface area (TPSA) is 32.8 Å². The van der Waals surface area contributed by atoms with Gasteiger partial charge in [0, 0.05) is 32.7 Å². The second-order valence-electron chi connectivity index (χ2n) is 6.92. The summed E-state index contributed by atoms with van der Waals surface area (Å²) in [7, 11) is 2.16. The Bertz CT molecular complexity index is 638. The molecule has 28 heavy (non-hydrogen) atoms. The lowest BCUT2D eigenvalue weighted by atomic mass is 9.91. The lowest BCUT2D eigenvalue weighted by Crippen LogP contribution is -2.44. The number of ether oxygens (including phenoxy) is 1. The van der Waals surface area contributed by atoms with Gasteiger partial charge in [0.15, 0.2) is 0 Å². The lowest BCUT2D eigenvalue weighted by Gasteiger charge is -2.32. The third-order valence-corrected chi connectivity index (χ3v) is 4.96. The molecule has 154 valence electrons. The van der Waals surface area contributed by atoms with Crippen LogP contribution in [0.4, 0.5) is 0 Å². The van der Waals surface area contributed by atoms with E-state index in [1.54, 1.807) is 0 Å². The van der Waals surface area contributed by atoms with Crippen molar-refractivity contribution in [2.24, 2.45) is 0 Å². The van der Waals surface area contributed by atoms with E-state index in [2.05, 4.69) is 16.8 Å². The Balaban J connectivity index is 0.00000196. The van der Waals surface area contributed by atoms with E-state index in [1.807, 2.05) is 60.7 Å². The van der Waals surface area contributed by atoms with Crippen molar-refractivity contribution in [1.82, 2.24) is 9.80 Å². The van der Waals surface area contributed by atoms with Crippen molar-refractivity contribution < 1.29 is 9.53 Å². The van der Waals surface area contributed by atoms with E-state index >= 15 is 0 Å². The molecular formula is C22H30Cl2N2O2. The van der Waals surface area contributed by atoms with Crippen LogP contribution in [0.15, 0.2) is 60.7 Å². The van der Waals surface area contributed by atoms with Crippen LogP contribution in [0.3, 0.4) is 0 Å². The molecule has 6 heteroatoms. The lowest BCUT2D eigenvalue weighted by molar-refractivity contribution is -0.144. The number of halogens is 2. The highest BCUT2D eigenvalue weighted by molar-refractivity contribution is 5.85. The van der Waals surface area contributed by atoms with Gasteiger partial charge >= 0.3 is 5.97 Å². The molecule has 0 amide bonds. The standard InChI is InChI=1S/C22H28N2O2.2ClH/c1-23-14-16-24(17-15-23)13-8-18-26-22(25)21(19-9-4-2-5-10-19)20-11-6-3-7-12-20;;/h2-7,9-12,21H,8,13-18H2,1H3;2*1H. The van der Waals surface area contributed by atoms with E-state index in [0.717, 1.165) is 50.3 Å². The maximum atomic E-state index is 12.8. The number of esters is 1. The quantitative estimate of drug-likeness (QED) is 0.499. The Morgan fingerprint density at radius 3 is 1.89 bits per heavy atom.